The molecule has 28 heavy (non-hydrogen) atoms. The number of furan rings is 1. The average Bonchev–Trinajstić information content (AvgIpc) is 3.37. The number of nitro groups is 1. The number of hydrogen-bond donors (Lipinski definition) is 1. The van der Waals surface area contributed by atoms with Crippen molar-refractivity contribution in [2.24, 2.45) is 0 Å². The maximum atomic E-state index is 12.7. The smallest absolute Gasteiger partial charge is 0.270 e. The maximum absolute atomic E-state index is 12.7. The van der Waals surface area contributed by atoms with Crippen molar-refractivity contribution >= 4 is 61.6 Å². The van der Waals surface area contributed by atoms with Gasteiger partial charge >= 0.3 is 0 Å². The number of non-ortho nitro benzene ring substituents is 1. The molecule has 1 aliphatic heterocycles. The summed E-state index contributed by atoms with van der Waals surface area (Å²) in [7, 11) is 0. The largest absolute Gasteiger partial charge is 0.457 e. The van der Waals surface area contributed by atoms with Crippen LogP contribution >= 0.6 is 39.0 Å². The zero-order valence-corrected chi connectivity index (χ0v) is 17.1. The van der Waals surface area contributed by atoms with E-state index >= 15 is 0 Å². The molecule has 3 aromatic rings. The Balaban J connectivity index is 1.61. The Bertz CT molecular complexity index is 1140. The first kappa shape index (κ1) is 18.8. The van der Waals surface area contributed by atoms with E-state index in [4.69, 9.17) is 9.83 Å². The normalized spacial score (nSPS) is 18.2. The molecule has 0 amide bonds. The molecule has 1 N–H and O–H groups in total. The summed E-state index contributed by atoms with van der Waals surface area (Å²) in [5.74, 6) is 0.160. The maximum Gasteiger partial charge on any atom is 0.270 e. The van der Waals surface area contributed by atoms with Crippen molar-refractivity contribution < 1.29 is 14.1 Å². The highest BCUT2D eigenvalue weighted by atomic mass is 79.9. The van der Waals surface area contributed by atoms with Gasteiger partial charge in [0.05, 0.1) is 14.9 Å². The van der Waals surface area contributed by atoms with E-state index in [0.29, 0.717) is 31.5 Å². The van der Waals surface area contributed by atoms with Crippen LogP contribution in [0.25, 0.3) is 17.4 Å². The van der Waals surface area contributed by atoms with Gasteiger partial charge in [-0.3, -0.25) is 20.3 Å². The number of carbonyl (C=O) groups is 1. The Kier molecular flexibility index (Phi) is 5.00. The number of rotatable bonds is 4. The first-order valence-corrected chi connectivity index (χ1v) is 10.4. The summed E-state index contributed by atoms with van der Waals surface area (Å²) in [6.45, 7) is 0. The molecule has 2 aromatic heterocycles. The molecule has 1 aromatic carbocycles. The van der Waals surface area contributed by atoms with E-state index in [1.165, 1.54) is 23.5 Å². The monoisotopic (exact) mass is 475 g/mol. The lowest BCUT2D eigenvalue weighted by Gasteiger charge is -2.01. The molecule has 4 rings (SSSR count). The van der Waals surface area contributed by atoms with Crippen molar-refractivity contribution in [1.29, 1.82) is 5.41 Å². The number of thiazole rings is 1. The Morgan fingerprint density at radius 1 is 1.32 bits per heavy atom. The Morgan fingerprint density at radius 2 is 2.14 bits per heavy atom. The van der Waals surface area contributed by atoms with Crippen LogP contribution in [0.2, 0.25) is 0 Å². The van der Waals surface area contributed by atoms with Crippen LogP contribution in [0.15, 0.2) is 55.7 Å². The van der Waals surface area contributed by atoms with Crippen molar-refractivity contribution in [1.82, 2.24) is 4.98 Å². The quantitative estimate of drug-likeness (QED) is 0.303. The van der Waals surface area contributed by atoms with Crippen LogP contribution in [0.4, 0.5) is 5.69 Å². The lowest BCUT2D eigenvalue weighted by atomic mass is 10.1. The van der Waals surface area contributed by atoms with Crippen molar-refractivity contribution in [3.05, 3.63) is 72.2 Å². The van der Waals surface area contributed by atoms with Crippen LogP contribution in [0.1, 0.15) is 16.7 Å². The summed E-state index contributed by atoms with van der Waals surface area (Å²) in [4.78, 5) is 27.6. The van der Waals surface area contributed by atoms with Crippen molar-refractivity contribution in [3.63, 3.8) is 0 Å². The first-order chi connectivity index (χ1) is 13.4. The lowest BCUT2D eigenvalue weighted by Crippen LogP contribution is -2.11. The van der Waals surface area contributed by atoms with Crippen LogP contribution in [-0.4, -0.2) is 20.7 Å². The molecule has 0 radical (unpaired) electrons. The molecule has 0 saturated carbocycles. The second-order valence-corrected chi connectivity index (χ2v) is 8.63. The van der Waals surface area contributed by atoms with Crippen molar-refractivity contribution in [2.75, 3.05) is 0 Å². The highest BCUT2D eigenvalue weighted by molar-refractivity contribution is 9.10. The Morgan fingerprint density at radius 3 is 2.82 bits per heavy atom. The third-order valence-corrected chi connectivity index (χ3v) is 6.51. The van der Waals surface area contributed by atoms with E-state index in [-0.39, 0.29) is 16.5 Å². The minimum atomic E-state index is -0.644. The number of nitro benzene ring substituents is 1. The lowest BCUT2D eigenvalue weighted by molar-refractivity contribution is -0.384. The number of hydrogen-bond acceptors (Lipinski definition) is 8. The summed E-state index contributed by atoms with van der Waals surface area (Å²) in [5.41, 5.74) is 0.637. The standard InChI is InChI=1S/C18H10BrN3O4S2/c19-12-7-9(22(24)25)1-3-11(12)13-4-2-10(26-13)8-14-16(23)15(17(20)28-14)18-21-5-6-27-18/h1-8,15,20H/b14-8-,20-17?/t15-/m1/s1. The molecule has 1 atom stereocenters. The third-order valence-electron chi connectivity index (χ3n) is 4.01. The van der Waals surface area contributed by atoms with Crippen LogP contribution < -0.4 is 0 Å². The number of allylic oxidation sites excluding steroid dienone is 1. The second-order valence-electron chi connectivity index (χ2n) is 5.77. The molecule has 0 unspecified atom stereocenters. The van der Waals surface area contributed by atoms with E-state index in [9.17, 15) is 14.9 Å². The summed E-state index contributed by atoms with van der Waals surface area (Å²) in [6, 6.07) is 7.85. The highest BCUT2D eigenvalue weighted by Gasteiger charge is 2.38. The number of carbonyl (C=O) groups excluding carboxylic acids is 1. The summed E-state index contributed by atoms with van der Waals surface area (Å²) in [5, 5.41) is 21.6. The minimum absolute atomic E-state index is 0.0239. The fraction of sp³-hybridized carbons (Fsp3) is 0.0556. The van der Waals surface area contributed by atoms with Crippen LogP contribution in [0.5, 0.6) is 0 Å². The molecule has 0 spiro atoms. The van der Waals surface area contributed by atoms with Gasteiger partial charge in [0.15, 0.2) is 5.78 Å². The number of Topliss-reactive ketones (excluding diaryl/α,β-unsaturated/α-hetero) is 1. The molecule has 10 heteroatoms. The molecule has 1 fully saturated rings. The number of aromatic nitrogens is 1. The van der Waals surface area contributed by atoms with Gasteiger partial charge in [0.2, 0.25) is 0 Å². The van der Waals surface area contributed by atoms with Gasteiger partial charge in [-0.2, -0.15) is 0 Å². The van der Waals surface area contributed by atoms with Gasteiger partial charge in [-0.05, 0) is 40.2 Å². The number of ketones is 1. The molecular formula is C18H10BrN3O4S2. The number of nitrogens with one attached hydrogen (secondary N) is 1. The topological polar surface area (TPSA) is 110 Å². The van der Waals surface area contributed by atoms with E-state index in [1.807, 2.05) is 0 Å². The van der Waals surface area contributed by atoms with E-state index in [1.54, 1.807) is 35.9 Å². The highest BCUT2D eigenvalue weighted by Crippen LogP contribution is 2.41. The van der Waals surface area contributed by atoms with Gasteiger partial charge in [0.25, 0.3) is 5.69 Å². The molecular weight excluding hydrogens is 466 g/mol. The zero-order chi connectivity index (χ0) is 19.8. The fourth-order valence-corrected chi connectivity index (χ4v) is 5.06. The van der Waals surface area contributed by atoms with Crippen molar-refractivity contribution in [2.45, 2.75) is 5.92 Å². The molecule has 140 valence electrons. The summed E-state index contributed by atoms with van der Waals surface area (Å²) < 4.78 is 6.33. The zero-order valence-electron chi connectivity index (χ0n) is 13.9. The Labute approximate surface area is 175 Å². The minimum Gasteiger partial charge on any atom is -0.457 e. The number of nitrogens with zero attached hydrogens (tertiary/aromatic N) is 2. The van der Waals surface area contributed by atoms with E-state index in [2.05, 4.69) is 20.9 Å². The van der Waals surface area contributed by atoms with Gasteiger partial charge in [-0.15, -0.1) is 11.3 Å². The third kappa shape index (κ3) is 3.46. The molecule has 0 aliphatic carbocycles. The number of benzene rings is 1. The SMILES string of the molecule is N=C1S/C(=C\c2ccc(-c3ccc([N+](=O)[O-])cc3Br)o2)C(=O)[C@H]1c1nccs1. The molecule has 1 aliphatic rings. The predicted octanol–water partition coefficient (Wildman–Crippen LogP) is 5.49. The van der Waals surface area contributed by atoms with Crippen LogP contribution in [0.3, 0.4) is 0 Å². The first-order valence-electron chi connectivity index (χ1n) is 7.90. The molecule has 7 nitrogen and oxygen atoms in total. The van der Waals surface area contributed by atoms with Gasteiger partial charge in [-0.25, -0.2) is 4.98 Å². The average molecular weight is 476 g/mol. The van der Waals surface area contributed by atoms with Gasteiger partial charge in [-0.1, -0.05) is 11.8 Å². The molecule has 3 heterocycles. The van der Waals surface area contributed by atoms with Crippen LogP contribution in [0, 0.1) is 15.5 Å². The Hall–Kier alpha value is -2.56. The predicted molar refractivity (Wildman–Crippen MR) is 112 cm³/mol. The van der Waals surface area contributed by atoms with Crippen molar-refractivity contribution in [3.8, 4) is 11.3 Å². The van der Waals surface area contributed by atoms with Gasteiger partial charge in [0, 0.05) is 33.7 Å². The van der Waals surface area contributed by atoms with Crippen LogP contribution in [-0.2, 0) is 4.79 Å². The van der Waals surface area contributed by atoms with Gasteiger partial charge < -0.3 is 4.42 Å². The second kappa shape index (κ2) is 7.46. The van der Waals surface area contributed by atoms with E-state index in [0.717, 1.165) is 11.8 Å². The number of halogens is 1. The van der Waals surface area contributed by atoms with E-state index < -0.39 is 10.8 Å². The summed E-state index contributed by atoms with van der Waals surface area (Å²) >= 11 is 5.78. The molecule has 0 bridgehead atoms. The summed E-state index contributed by atoms with van der Waals surface area (Å²) in [6.07, 6.45) is 3.23. The number of thioether (sulfide) groups is 1. The fourth-order valence-electron chi connectivity index (χ4n) is 2.71. The van der Waals surface area contributed by atoms with Gasteiger partial charge in [0.1, 0.15) is 22.4 Å². The molecule has 1 saturated heterocycles.